The zero-order valence-corrected chi connectivity index (χ0v) is 18.8. The monoisotopic (exact) mass is 471 g/mol. The summed E-state index contributed by atoms with van der Waals surface area (Å²) in [5.41, 5.74) is 3.43. The maximum absolute atomic E-state index is 14.1. The van der Waals surface area contributed by atoms with Crippen molar-refractivity contribution in [2.75, 3.05) is 36.5 Å². The number of pyridine rings is 1. The van der Waals surface area contributed by atoms with Crippen LogP contribution in [-0.2, 0) is 11.3 Å². The van der Waals surface area contributed by atoms with Crippen LogP contribution in [0.1, 0.15) is 5.69 Å². The Hall–Kier alpha value is -4.38. The van der Waals surface area contributed by atoms with Crippen LogP contribution in [0.5, 0.6) is 0 Å². The number of nitrogens with zero attached hydrogens (tertiary/aromatic N) is 8. The molecule has 1 N–H and O–H groups in total. The maximum atomic E-state index is 14.1. The smallest absolute Gasteiger partial charge is 0.270 e. The average molecular weight is 472 g/mol. The number of morpholine rings is 1. The van der Waals surface area contributed by atoms with E-state index in [9.17, 15) is 4.39 Å². The van der Waals surface area contributed by atoms with Crippen molar-refractivity contribution in [2.24, 2.45) is 10.2 Å². The van der Waals surface area contributed by atoms with E-state index in [0.717, 1.165) is 28.8 Å². The van der Waals surface area contributed by atoms with Crippen LogP contribution >= 0.6 is 0 Å². The predicted molar refractivity (Wildman–Crippen MR) is 128 cm³/mol. The van der Waals surface area contributed by atoms with Gasteiger partial charge in [-0.2, -0.15) is 10.1 Å². The van der Waals surface area contributed by atoms with E-state index in [-0.39, 0.29) is 18.3 Å². The van der Waals surface area contributed by atoms with Gasteiger partial charge >= 0.3 is 0 Å². The van der Waals surface area contributed by atoms with Crippen LogP contribution < -0.4 is 10.2 Å². The lowest BCUT2D eigenvalue weighted by Gasteiger charge is -2.27. The van der Waals surface area contributed by atoms with E-state index >= 15 is 0 Å². The first-order valence-electron chi connectivity index (χ1n) is 11.1. The van der Waals surface area contributed by atoms with Gasteiger partial charge in [0.25, 0.3) is 5.95 Å². The number of ether oxygens (including phenoxy) is 1. The molecular formula is C24H22FN9O. The summed E-state index contributed by atoms with van der Waals surface area (Å²) < 4.78 is 19.4. The van der Waals surface area contributed by atoms with Gasteiger partial charge in [0.15, 0.2) is 17.5 Å². The summed E-state index contributed by atoms with van der Waals surface area (Å²) in [4.78, 5) is 22.9. The first-order chi connectivity index (χ1) is 17.2. The maximum Gasteiger partial charge on any atom is 0.270 e. The number of nitrogens with one attached hydrogen (secondary N) is 1. The van der Waals surface area contributed by atoms with Gasteiger partial charge < -0.3 is 15.0 Å². The molecule has 1 fully saturated rings. The molecule has 1 saturated heterocycles. The third-order valence-corrected chi connectivity index (χ3v) is 5.24. The van der Waals surface area contributed by atoms with Crippen LogP contribution in [0.3, 0.4) is 0 Å². The van der Waals surface area contributed by atoms with Crippen molar-refractivity contribution in [1.29, 1.82) is 0 Å². The molecule has 0 aliphatic carbocycles. The molecule has 0 amide bonds. The van der Waals surface area contributed by atoms with E-state index in [2.05, 4.69) is 40.5 Å². The highest BCUT2D eigenvalue weighted by molar-refractivity contribution is 5.64. The number of hydrogen-bond acceptors (Lipinski definition) is 10. The highest BCUT2D eigenvalue weighted by Gasteiger charge is 2.17. The minimum Gasteiger partial charge on any atom is -0.378 e. The topological polar surface area (TPSA) is 114 Å². The summed E-state index contributed by atoms with van der Waals surface area (Å²) in [5.74, 6) is 0.520. The number of hydrogen-bond donors (Lipinski definition) is 1. The highest BCUT2D eigenvalue weighted by Crippen LogP contribution is 2.22. The Morgan fingerprint density at radius 2 is 1.69 bits per heavy atom. The van der Waals surface area contributed by atoms with Crippen LogP contribution in [0.15, 0.2) is 77.5 Å². The SMILES string of the molecule is Fc1cnc(N=NCc2ccc(Nc3ccc(-c4ncccn4)cc3)cn2)nc1N1CCOCC1. The molecule has 0 spiro atoms. The Labute approximate surface area is 201 Å². The van der Waals surface area contributed by atoms with Crippen LogP contribution in [0.25, 0.3) is 11.4 Å². The number of rotatable bonds is 7. The molecule has 35 heavy (non-hydrogen) atoms. The van der Waals surface area contributed by atoms with Crippen LogP contribution in [0.2, 0.25) is 0 Å². The van der Waals surface area contributed by atoms with E-state index in [1.165, 1.54) is 0 Å². The lowest BCUT2D eigenvalue weighted by atomic mass is 10.2. The van der Waals surface area contributed by atoms with Crippen molar-refractivity contribution in [2.45, 2.75) is 6.54 Å². The molecule has 1 aliphatic heterocycles. The Bertz CT molecular complexity index is 1280. The minimum absolute atomic E-state index is 0.107. The zero-order valence-electron chi connectivity index (χ0n) is 18.8. The third-order valence-electron chi connectivity index (χ3n) is 5.24. The molecule has 10 nitrogen and oxygen atoms in total. The Morgan fingerprint density at radius 3 is 2.43 bits per heavy atom. The second-order valence-electron chi connectivity index (χ2n) is 7.65. The number of halogens is 1. The minimum atomic E-state index is -0.487. The molecule has 0 unspecified atom stereocenters. The van der Waals surface area contributed by atoms with E-state index < -0.39 is 5.82 Å². The molecule has 4 heterocycles. The molecule has 0 bridgehead atoms. The molecule has 1 aliphatic rings. The van der Waals surface area contributed by atoms with Crippen molar-refractivity contribution in [3.63, 3.8) is 0 Å². The number of aromatic nitrogens is 5. The summed E-state index contributed by atoms with van der Waals surface area (Å²) in [6.45, 7) is 2.45. The Morgan fingerprint density at radius 1 is 0.914 bits per heavy atom. The number of anilines is 3. The van der Waals surface area contributed by atoms with Gasteiger partial charge in [-0.25, -0.2) is 19.3 Å². The summed E-state index contributed by atoms with van der Waals surface area (Å²) in [6, 6.07) is 13.4. The summed E-state index contributed by atoms with van der Waals surface area (Å²) >= 11 is 0. The molecule has 11 heteroatoms. The quantitative estimate of drug-likeness (QED) is 0.396. The predicted octanol–water partition coefficient (Wildman–Crippen LogP) is 4.33. The summed E-state index contributed by atoms with van der Waals surface area (Å²) in [5, 5.41) is 11.5. The lowest BCUT2D eigenvalue weighted by molar-refractivity contribution is 0.122. The lowest BCUT2D eigenvalue weighted by Crippen LogP contribution is -2.37. The van der Waals surface area contributed by atoms with Gasteiger partial charge in [0, 0.05) is 36.7 Å². The number of benzene rings is 1. The highest BCUT2D eigenvalue weighted by atomic mass is 19.1. The molecule has 1 aromatic carbocycles. The Balaban J connectivity index is 1.18. The van der Waals surface area contributed by atoms with Crippen molar-refractivity contribution in [3.05, 3.63) is 78.8 Å². The van der Waals surface area contributed by atoms with Gasteiger partial charge in [0.05, 0.1) is 37.0 Å². The van der Waals surface area contributed by atoms with Crippen LogP contribution in [0, 0.1) is 5.82 Å². The molecule has 176 valence electrons. The molecule has 4 aromatic rings. The fourth-order valence-electron chi connectivity index (χ4n) is 3.47. The third kappa shape index (κ3) is 5.76. The Kier molecular flexibility index (Phi) is 6.85. The second-order valence-corrected chi connectivity index (χ2v) is 7.65. The standard InChI is InChI=1S/C24H22FN9O/c25-21-16-29-24(32-23(21)34-10-12-35-13-11-34)33-30-15-19-6-7-20(14-28-19)31-18-4-2-17(3-5-18)22-26-8-1-9-27-22/h1-9,14,16,31H,10-13,15H2. The summed E-state index contributed by atoms with van der Waals surface area (Å²) in [7, 11) is 0. The molecule has 5 rings (SSSR count). The largest absolute Gasteiger partial charge is 0.378 e. The van der Waals surface area contributed by atoms with E-state index in [4.69, 9.17) is 4.74 Å². The van der Waals surface area contributed by atoms with Crippen molar-refractivity contribution < 1.29 is 9.13 Å². The molecule has 0 saturated carbocycles. The summed E-state index contributed by atoms with van der Waals surface area (Å²) in [6.07, 6.45) is 6.28. The van der Waals surface area contributed by atoms with Gasteiger partial charge in [0.2, 0.25) is 0 Å². The van der Waals surface area contributed by atoms with E-state index in [1.54, 1.807) is 24.7 Å². The van der Waals surface area contributed by atoms with Crippen LogP contribution in [-0.4, -0.2) is 51.2 Å². The average Bonchev–Trinajstić information content (AvgIpc) is 2.92. The van der Waals surface area contributed by atoms with E-state index in [0.29, 0.717) is 32.1 Å². The van der Waals surface area contributed by atoms with Gasteiger partial charge in [-0.05, 0) is 42.5 Å². The molecule has 3 aromatic heterocycles. The fourth-order valence-corrected chi connectivity index (χ4v) is 3.47. The number of azo groups is 1. The first-order valence-corrected chi connectivity index (χ1v) is 11.1. The van der Waals surface area contributed by atoms with Gasteiger partial charge in [-0.15, -0.1) is 5.11 Å². The normalized spacial score (nSPS) is 13.8. The van der Waals surface area contributed by atoms with Crippen molar-refractivity contribution >= 4 is 23.1 Å². The molecular weight excluding hydrogens is 449 g/mol. The van der Waals surface area contributed by atoms with Gasteiger partial charge in [-0.3, -0.25) is 4.98 Å². The zero-order chi connectivity index (χ0) is 23.9. The van der Waals surface area contributed by atoms with Crippen molar-refractivity contribution in [1.82, 2.24) is 24.9 Å². The molecule has 0 radical (unpaired) electrons. The molecule has 0 atom stereocenters. The first kappa shape index (κ1) is 22.4. The van der Waals surface area contributed by atoms with Crippen LogP contribution in [0.4, 0.5) is 27.5 Å². The fraction of sp³-hybridized carbons (Fsp3) is 0.208. The van der Waals surface area contributed by atoms with Gasteiger partial charge in [0.1, 0.15) is 6.54 Å². The van der Waals surface area contributed by atoms with Crippen molar-refractivity contribution in [3.8, 4) is 11.4 Å². The second kappa shape index (κ2) is 10.7. The van der Waals surface area contributed by atoms with Gasteiger partial charge in [-0.1, -0.05) is 0 Å². The van der Waals surface area contributed by atoms with E-state index in [1.807, 2.05) is 41.3 Å².